The first-order valence-corrected chi connectivity index (χ1v) is 14.5. The summed E-state index contributed by atoms with van der Waals surface area (Å²) in [4.78, 5) is 19.1. The van der Waals surface area contributed by atoms with Crippen molar-refractivity contribution in [3.63, 3.8) is 0 Å². The van der Waals surface area contributed by atoms with Crippen molar-refractivity contribution >= 4 is 29.0 Å². The van der Waals surface area contributed by atoms with Gasteiger partial charge in [0.1, 0.15) is 5.75 Å². The lowest BCUT2D eigenvalue weighted by atomic mass is 9.96. The summed E-state index contributed by atoms with van der Waals surface area (Å²) in [6.45, 7) is 4.19. The third kappa shape index (κ3) is 5.20. The van der Waals surface area contributed by atoms with Crippen LogP contribution in [-0.4, -0.2) is 33.8 Å². The van der Waals surface area contributed by atoms with E-state index in [2.05, 4.69) is 46.8 Å². The average Bonchev–Trinajstić information content (AvgIpc) is 3.71. The first kappa shape index (κ1) is 27.0. The Morgan fingerprint density at radius 3 is 2.46 bits per heavy atom. The Hall–Kier alpha value is -4.17. The second-order valence-corrected chi connectivity index (χ2v) is 11.1. The summed E-state index contributed by atoms with van der Waals surface area (Å²) in [5, 5.41) is 4.21. The van der Waals surface area contributed by atoms with Crippen molar-refractivity contribution in [3.8, 4) is 11.4 Å². The maximum Gasteiger partial charge on any atom is 0.337 e. The molecular weight excluding hydrogens is 532 g/mol. The molecule has 4 aromatic rings. The highest BCUT2D eigenvalue weighted by Crippen LogP contribution is 2.44. The van der Waals surface area contributed by atoms with E-state index in [4.69, 9.17) is 26.7 Å². The predicted molar refractivity (Wildman–Crippen MR) is 164 cm³/mol. The first-order valence-electron chi connectivity index (χ1n) is 14.1. The molecule has 2 fully saturated rings. The van der Waals surface area contributed by atoms with E-state index in [1.807, 2.05) is 54.7 Å². The van der Waals surface area contributed by atoms with Crippen LogP contribution in [0.5, 0.6) is 5.75 Å². The van der Waals surface area contributed by atoms with Crippen LogP contribution in [0.1, 0.15) is 70.8 Å². The number of carbonyl (C=O) groups is 1. The lowest BCUT2D eigenvalue weighted by molar-refractivity contribution is 0.0600. The van der Waals surface area contributed by atoms with Crippen molar-refractivity contribution in [1.29, 1.82) is 0 Å². The number of rotatable bonds is 7. The summed E-state index contributed by atoms with van der Waals surface area (Å²) >= 11 is 5.96. The van der Waals surface area contributed by atoms with Gasteiger partial charge in [-0.3, -0.25) is 4.98 Å². The number of anilines is 1. The van der Waals surface area contributed by atoms with E-state index in [-0.39, 0.29) is 18.1 Å². The zero-order valence-corrected chi connectivity index (χ0v) is 24.4. The van der Waals surface area contributed by atoms with Crippen LogP contribution in [0.2, 0.25) is 0 Å². The lowest BCUT2D eigenvalue weighted by Gasteiger charge is -2.28. The highest BCUT2D eigenvalue weighted by Gasteiger charge is 2.42. The van der Waals surface area contributed by atoms with Crippen molar-refractivity contribution in [1.82, 2.24) is 14.9 Å². The minimum absolute atomic E-state index is 0.150. The molecule has 3 heterocycles. The zero-order chi connectivity index (χ0) is 28.5. The molecule has 2 aromatic carbocycles. The molecule has 0 amide bonds. The molecule has 0 spiro atoms. The quantitative estimate of drug-likeness (QED) is 0.195. The zero-order valence-electron chi connectivity index (χ0n) is 23.5. The van der Waals surface area contributed by atoms with E-state index in [1.165, 1.54) is 20.0 Å². The van der Waals surface area contributed by atoms with Crippen molar-refractivity contribution in [3.05, 3.63) is 107 Å². The third-order valence-corrected chi connectivity index (χ3v) is 8.45. The molecule has 0 unspecified atom stereocenters. The molecule has 2 aromatic heterocycles. The standard InChI is InChI=1S/C33H34N4O3S/c1-21-19-28(22(2)36(21)25-10-8-9-23(20-25)32(38)39-3)31-30(29-13-6-7-18-34-29)35-33(41)37(31)24-14-16-27(17-15-24)40-26-11-4-5-12-26/h6-10,13-20,26,30-31H,4-5,11-12H2,1-3H3,(H,35,41)/t30-,31-/m1/s1. The number of benzene rings is 2. The van der Waals surface area contributed by atoms with Crippen LogP contribution in [0.3, 0.4) is 0 Å². The number of aryl methyl sites for hydroxylation is 1. The van der Waals surface area contributed by atoms with Gasteiger partial charge in [-0.05, 0) is 118 Å². The highest BCUT2D eigenvalue weighted by atomic mass is 32.1. The number of methoxy groups -OCH3 is 1. The summed E-state index contributed by atoms with van der Waals surface area (Å²) in [5.74, 6) is 0.529. The number of hydrogen-bond acceptors (Lipinski definition) is 5. The van der Waals surface area contributed by atoms with E-state index in [1.54, 1.807) is 6.07 Å². The van der Waals surface area contributed by atoms with Crippen LogP contribution >= 0.6 is 12.2 Å². The number of pyridine rings is 1. The Labute approximate surface area is 246 Å². The number of nitrogens with zero attached hydrogens (tertiary/aromatic N) is 3. The molecule has 0 bridgehead atoms. The van der Waals surface area contributed by atoms with Crippen LogP contribution < -0.4 is 15.0 Å². The summed E-state index contributed by atoms with van der Waals surface area (Å²) in [6, 6.07) is 23.6. The number of aromatic nitrogens is 2. The van der Waals surface area contributed by atoms with Crippen molar-refractivity contribution in [2.75, 3.05) is 12.0 Å². The second-order valence-electron chi connectivity index (χ2n) is 10.7. The summed E-state index contributed by atoms with van der Waals surface area (Å²) in [7, 11) is 1.40. The fourth-order valence-electron chi connectivity index (χ4n) is 6.21. The van der Waals surface area contributed by atoms with Gasteiger partial charge in [-0.1, -0.05) is 12.1 Å². The molecule has 2 aliphatic rings. The molecule has 1 aliphatic heterocycles. The number of hydrogen-bond donors (Lipinski definition) is 1. The third-order valence-electron chi connectivity index (χ3n) is 8.13. The van der Waals surface area contributed by atoms with Gasteiger partial charge in [0.05, 0.1) is 36.6 Å². The van der Waals surface area contributed by atoms with E-state index in [0.717, 1.165) is 52.6 Å². The Kier molecular flexibility index (Phi) is 7.49. The highest BCUT2D eigenvalue weighted by molar-refractivity contribution is 7.80. The van der Waals surface area contributed by atoms with Gasteiger partial charge >= 0.3 is 5.97 Å². The van der Waals surface area contributed by atoms with Gasteiger partial charge in [-0.25, -0.2) is 4.79 Å². The van der Waals surface area contributed by atoms with Crippen LogP contribution in [0, 0.1) is 13.8 Å². The van der Waals surface area contributed by atoms with Gasteiger partial charge in [0, 0.05) is 29.0 Å². The molecule has 1 saturated carbocycles. The molecule has 0 radical (unpaired) electrons. The molecule has 2 atom stereocenters. The maximum atomic E-state index is 12.3. The second kappa shape index (κ2) is 11.4. The van der Waals surface area contributed by atoms with Gasteiger partial charge in [0.15, 0.2) is 5.11 Å². The molecule has 210 valence electrons. The minimum atomic E-state index is -0.360. The van der Waals surface area contributed by atoms with Gasteiger partial charge in [-0.15, -0.1) is 0 Å². The normalized spacial score (nSPS) is 18.9. The molecule has 7 nitrogen and oxygen atoms in total. The van der Waals surface area contributed by atoms with E-state index in [0.29, 0.717) is 16.8 Å². The number of esters is 1. The molecule has 41 heavy (non-hydrogen) atoms. The van der Waals surface area contributed by atoms with Crippen molar-refractivity contribution in [2.24, 2.45) is 0 Å². The van der Waals surface area contributed by atoms with Crippen LogP contribution in [0.25, 0.3) is 5.69 Å². The lowest BCUT2D eigenvalue weighted by Crippen LogP contribution is -2.29. The van der Waals surface area contributed by atoms with E-state index >= 15 is 0 Å². The number of nitrogens with one attached hydrogen (secondary N) is 1. The summed E-state index contributed by atoms with van der Waals surface area (Å²) in [5.41, 5.74) is 6.56. The molecule has 1 N–H and O–H groups in total. The molecular formula is C33H34N4O3S. The molecule has 6 rings (SSSR count). The molecule has 8 heteroatoms. The van der Waals surface area contributed by atoms with Crippen LogP contribution in [-0.2, 0) is 4.74 Å². The van der Waals surface area contributed by atoms with Gasteiger partial charge < -0.3 is 24.3 Å². The minimum Gasteiger partial charge on any atom is -0.490 e. The first-order chi connectivity index (χ1) is 19.9. The monoisotopic (exact) mass is 566 g/mol. The largest absolute Gasteiger partial charge is 0.490 e. The number of thiocarbonyl (C=S) groups is 1. The van der Waals surface area contributed by atoms with Crippen molar-refractivity contribution < 1.29 is 14.3 Å². The SMILES string of the molecule is COC(=O)c1cccc(-n2c(C)cc([C@@H]3[C@@H](c4ccccn4)NC(=S)N3c3ccc(OC4CCCC4)cc3)c2C)c1. The van der Waals surface area contributed by atoms with Gasteiger partial charge in [0.2, 0.25) is 0 Å². The van der Waals surface area contributed by atoms with Crippen molar-refractivity contribution in [2.45, 2.75) is 57.7 Å². The Balaban J connectivity index is 1.41. The van der Waals surface area contributed by atoms with E-state index < -0.39 is 0 Å². The average molecular weight is 567 g/mol. The van der Waals surface area contributed by atoms with Gasteiger partial charge in [-0.2, -0.15) is 0 Å². The predicted octanol–water partition coefficient (Wildman–Crippen LogP) is 6.77. The maximum absolute atomic E-state index is 12.3. The Bertz CT molecular complexity index is 1560. The molecule has 1 aliphatic carbocycles. The Morgan fingerprint density at radius 1 is 0.976 bits per heavy atom. The number of carbonyl (C=O) groups excluding carboxylic acids is 1. The van der Waals surface area contributed by atoms with Gasteiger partial charge in [0.25, 0.3) is 0 Å². The molecule has 1 saturated heterocycles. The smallest absolute Gasteiger partial charge is 0.337 e. The number of ether oxygens (including phenoxy) is 2. The fraction of sp³-hybridized carbons (Fsp3) is 0.303. The summed E-state index contributed by atoms with van der Waals surface area (Å²) in [6.07, 6.45) is 6.83. The Morgan fingerprint density at radius 2 is 1.76 bits per heavy atom. The van der Waals surface area contributed by atoms with Crippen LogP contribution in [0.15, 0.2) is 79.0 Å². The fourth-order valence-corrected chi connectivity index (χ4v) is 6.55. The summed E-state index contributed by atoms with van der Waals surface area (Å²) < 4.78 is 13.4. The topological polar surface area (TPSA) is 68.6 Å². The van der Waals surface area contributed by atoms with Crippen LogP contribution in [0.4, 0.5) is 5.69 Å². The van der Waals surface area contributed by atoms with E-state index in [9.17, 15) is 4.79 Å².